The van der Waals surface area contributed by atoms with E-state index in [2.05, 4.69) is 10.1 Å². The average molecular weight is 351 g/mol. The van der Waals surface area contributed by atoms with Gasteiger partial charge in [-0.1, -0.05) is 28.4 Å². The smallest absolute Gasteiger partial charge is 0.264 e. The Kier molecular flexibility index (Phi) is 4.69. The zero-order valence-electron chi connectivity index (χ0n) is 12.1. The Balaban J connectivity index is 1.75. The molecule has 0 saturated carbocycles. The summed E-state index contributed by atoms with van der Waals surface area (Å²) in [5.41, 5.74) is 0.654. The van der Waals surface area contributed by atoms with E-state index in [9.17, 15) is 0 Å². The fourth-order valence-corrected chi connectivity index (χ4v) is 2.25. The lowest BCUT2D eigenvalue weighted by atomic mass is 10.2. The third kappa shape index (κ3) is 3.75. The average Bonchev–Trinajstić information content (AvgIpc) is 3.03. The van der Waals surface area contributed by atoms with Gasteiger partial charge in [-0.25, -0.2) is 0 Å². The van der Waals surface area contributed by atoms with Gasteiger partial charge in [0.1, 0.15) is 11.5 Å². The second kappa shape index (κ2) is 6.89. The third-order valence-electron chi connectivity index (χ3n) is 3.05. The van der Waals surface area contributed by atoms with Gasteiger partial charge in [0.05, 0.1) is 12.7 Å². The maximum atomic E-state index is 6.01. The van der Waals surface area contributed by atoms with E-state index in [4.69, 9.17) is 37.2 Å². The van der Waals surface area contributed by atoms with Crippen LogP contribution in [0.25, 0.3) is 11.4 Å². The molecule has 118 valence electrons. The van der Waals surface area contributed by atoms with E-state index in [1.165, 1.54) is 0 Å². The maximum Gasteiger partial charge on any atom is 0.264 e. The minimum absolute atomic E-state index is 0.150. The highest BCUT2D eigenvalue weighted by atomic mass is 35.5. The van der Waals surface area contributed by atoms with Crippen molar-refractivity contribution in [2.24, 2.45) is 0 Å². The summed E-state index contributed by atoms with van der Waals surface area (Å²) in [6, 6.07) is 12.2. The van der Waals surface area contributed by atoms with Crippen LogP contribution < -0.4 is 9.47 Å². The number of halogens is 2. The first-order valence-electron chi connectivity index (χ1n) is 6.70. The summed E-state index contributed by atoms with van der Waals surface area (Å²) in [5.74, 6) is 2.01. The summed E-state index contributed by atoms with van der Waals surface area (Å²) in [7, 11) is 1.57. The fourth-order valence-electron chi connectivity index (χ4n) is 1.95. The molecule has 1 heterocycles. The molecule has 5 nitrogen and oxygen atoms in total. The van der Waals surface area contributed by atoms with E-state index in [1.807, 2.05) is 0 Å². The van der Waals surface area contributed by atoms with Gasteiger partial charge in [0.25, 0.3) is 5.89 Å². The molecular weight excluding hydrogens is 339 g/mol. The van der Waals surface area contributed by atoms with Crippen LogP contribution in [-0.4, -0.2) is 17.3 Å². The van der Waals surface area contributed by atoms with Gasteiger partial charge in [0.2, 0.25) is 5.82 Å². The molecule has 3 rings (SSSR count). The van der Waals surface area contributed by atoms with E-state index < -0.39 is 0 Å². The van der Waals surface area contributed by atoms with E-state index in [1.54, 1.807) is 49.6 Å². The first-order chi connectivity index (χ1) is 11.2. The first-order valence-corrected chi connectivity index (χ1v) is 7.46. The summed E-state index contributed by atoms with van der Waals surface area (Å²) < 4.78 is 16.0. The van der Waals surface area contributed by atoms with E-state index in [0.717, 1.165) is 0 Å². The topological polar surface area (TPSA) is 57.4 Å². The van der Waals surface area contributed by atoms with E-state index in [0.29, 0.717) is 38.8 Å². The van der Waals surface area contributed by atoms with Crippen molar-refractivity contribution < 1.29 is 14.0 Å². The summed E-state index contributed by atoms with van der Waals surface area (Å²) >= 11 is 11.8. The summed E-state index contributed by atoms with van der Waals surface area (Å²) in [5, 5.41) is 5.14. The van der Waals surface area contributed by atoms with Crippen molar-refractivity contribution in [3.8, 4) is 22.9 Å². The molecule has 0 bridgehead atoms. The molecule has 0 aliphatic rings. The minimum atomic E-state index is 0.150. The highest BCUT2D eigenvalue weighted by molar-refractivity contribution is 6.31. The number of hydrogen-bond acceptors (Lipinski definition) is 5. The molecular formula is C16H12Cl2N2O3. The van der Waals surface area contributed by atoms with Gasteiger partial charge in [-0.15, -0.1) is 0 Å². The van der Waals surface area contributed by atoms with Crippen LogP contribution in [0.2, 0.25) is 10.0 Å². The van der Waals surface area contributed by atoms with Crippen molar-refractivity contribution in [2.75, 3.05) is 7.11 Å². The summed E-state index contributed by atoms with van der Waals surface area (Å²) in [4.78, 5) is 4.30. The lowest BCUT2D eigenvalue weighted by molar-refractivity contribution is 0.243. The predicted molar refractivity (Wildman–Crippen MR) is 87.1 cm³/mol. The van der Waals surface area contributed by atoms with Crippen molar-refractivity contribution >= 4 is 23.2 Å². The molecule has 2 aromatic carbocycles. The van der Waals surface area contributed by atoms with Crippen molar-refractivity contribution in [3.05, 3.63) is 58.4 Å². The van der Waals surface area contributed by atoms with Crippen molar-refractivity contribution in [1.82, 2.24) is 10.1 Å². The lowest BCUT2D eigenvalue weighted by Crippen LogP contribution is -1.95. The standard InChI is InChI=1S/C16H12Cl2N2O3/c1-21-14-7-4-11(18)8-13(14)16-19-15(23-20-16)9-22-12-5-2-10(17)3-6-12/h2-8H,9H2,1H3. The van der Waals surface area contributed by atoms with Gasteiger partial charge >= 0.3 is 0 Å². The van der Waals surface area contributed by atoms with Gasteiger partial charge < -0.3 is 14.0 Å². The molecule has 3 aromatic rings. The summed E-state index contributed by atoms with van der Waals surface area (Å²) in [6.45, 7) is 0.150. The Morgan fingerprint density at radius 3 is 2.52 bits per heavy atom. The number of methoxy groups -OCH3 is 1. The quantitative estimate of drug-likeness (QED) is 0.671. The van der Waals surface area contributed by atoms with Crippen molar-refractivity contribution in [3.63, 3.8) is 0 Å². The molecule has 0 fully saturated rings. The highest BCUT2D eigenvalue weighted by Crippen LogP contribution is 2.30. The van der Waals surface area contributed by atoms with Crippen LogP contribution in [0.4, 0.5) is 0 Å². The highest BCUT2D eigenvalue weighted by Gasteiger charge is 2.14. The Morgan fingerprint density at radius 1 is 1.04 bits per heavy atom. The van der Waals surface area contributed by atoms with Crippen LogP contribution in [-0.2, 0) is 6.61 Å². The SMILES string of the molecule is COc1ccc(Cl)cc1-c1noc(COc2ccc(Cl)cc2)n1. The molecule has 1 aromatic heterocycles. The van der Waals surface area contributed by atoms with Crippen molar-refractivity contribution in [2.45, 2.75) is 6.61 Å². The van der Waals surface area contributed by atoms with Gasteiger partial charge in [0.15, 0.2) is 6.61 Å². The predicted octanol–water partition coefficient (Wildman–Crippen LogP) is 4.63. The molecule has 0 aliphatic heterocycles. The Bertz CT molecular complexity index is 803. The van der Waals surface area contributed by atoms with E-state index >= 15 is 0 Å². The van der Waals surface area contributed by atoms with E-state index in [-0.39, 0.29) is 6.61 Å². The molecule has 0 spiro atoms. The molecule has 0 atom stereocenters. The normalized spacial score (nSPS) is 10.6. The molecule has 7 heteroatoms. The number of rotatable bonds is 5. The monoisotopic (exact) mass is 350 g/mol. The van der Waals surface area contributed by atoms with Gasteiger partial charge in [-0.2, -0.15) is 4.98 Å². The van der Waals surface area contributed by atoms with Crippen LogP contribution in [0.3, 0.4) is 0 Å². The van der Waals surface area contributed by atoms with Crippen LogP contribution in [0.15, 0.2) is 47.0 Å². The van der Waals surface area contributed by atoms with Crippen molar-refractivity contribution in [1.29, 1.82) is 0 Å². The van der Waals surface area contributed by atoms with Crippen LogP contribution >= 0.6 is 23.2 Å². The Morgan fingerprint density at radius 2 is 1.78 bits per heavy atom. The fraction of sp³-hybridized carbons (Fsp3) is 0.125. The van der Waals surface area contributed by atoms with Crippen LogP contribution in [0, 0.1) is 0 Å². The van der Waals surface area contributed by atoms with Gasteiger partial charge in [-0.05, 0) is 42.5 Å². The molecule has 0 amide bonds. The molecule has 0 saturated heterocycles. The van der Waals surface area contributed by atoms with Gasteiger partial charge in [-0.3, -0.25) is 0 Å². The largest absolute Gasteiger partial charge is 0.496 e. The second-order valence-electron chi connectivity index (χ2n) is 4.60. The number of ether oxygens (including phenoxy) is 2. The number of benzene rings is 2. The van der Waals surface area contributed by atoms with Crippen LogP contribution in [0.1, 0.15) is 5.89 Å². The minimum Gasteiger partial charge on any atom is -0.496 e. The lowest BCUT2D eigenvalue weighted by Gasteiger charge is -2.04. The molecule has 0 aliphatic carbocycles. The number of nitrogens with zero attached hydrogens (tertiary/aromatic N) is 2. The zero-order valence-corrected chi connectivity index (χ0v) is 13.6. The van der Waals surface area contributed by atoms with Gasteiger partial charge in [0, 0.05) is 10.0 Å². The number of aromatic nitrogens is 2. The first kappa shape index (κ1) is 15.6. The maximum absolute atomic E-state index is 6.01. The molecule has 0 unspecified atom stereocenters. The molecule has 0 radical (unpaired) electrons. The second-order valence-corrected chi connectivity index (χ2v) is 5.47. The number of hydrogen-bond donors (Lipinski definition) is 0. The summed E-state index contributed by atoms with van der Waals surface area (Å²) in [6.07, 6.45) is 0. The Hall–Kier alpha value is -2.24. The third-order valence-corrected chi connectivity index (χ3v) is 3.53. The molecule has 0 N–H and O–H groups in total. The molecule has 23 heavy (non-hydrogen) atoms. The zero-order chi connectivity index (χ0) is 16.2. The van der Waals surface area contributed by atoms with Crippen LogP contribution in [0.5, 0.6) is 11.5 Å². The Labute approximate surface area is 142 Å².